The van der Waals surface area contributed by atoms with Crippen molar-refractivity contribution < 1.29 is 12.9 Å². The Balaban J connectivity index is 1.52. The third kappa shape index (κ3) is 4.02. The van der Waals surface area contributed by atoms with Crippen LogP contribution in [0.15, 0.2) is 15.5 Å². The molecule has 0 atom stereocenters. The minimum Gasteiger partial charge on any atom is -0.339 e. The molecule has 4 rings (SSSR count). The van der Waals surface area contributed by atoms with Crippen molar-refractivity contribution in [3.8, 4) is 10.7 Å². The predicted molar refractivity (Wildman–Crippen MR) is 101 cm³/mol. The maximum absolute atomic E-state index is 12.9. The first-order valence-corrected chi connectivity index (χ1v) is 11.8. The third-order valence-electron chi connectivity index (χ3n) is 5.18. The van der Waals surface area contributed by atoms with E-state index in [9.17, 15) is 8.42 Å². The molecule has 0 aliphatic heterocycles. The van der Waals surface area contributed by atoms with Gasteiger partial charge in [-0.25, -0.2) is 13.1 Å². The zero-order valence-corrected chi connectivity index (χ0v) is 16.7. The highest BCUT2D eigenvalue weighted by molar-refractivity contribution is 7.89. The molecular weight excluding hydrogens is 370 g/mol. The highest BCUT2D eigenvalue weighted by atomic mass is 32.2. The van der Waals surface area contributed by atoms with E-state index in [1.165, 1.54) is 30.6 Å². The first-order chi connectivity index (χ1) is 12.5. The third-order valence-corrected chi connectivity index (χ3v) is 8.00. The summed E-state index contributed by atoms with van der Waals surface area (Å²) in [5.41, 5.74) is 0. The second kappa shape index (κ2) is 7.40. The van der Waals surface area contributed by atoms with Crippen LogP contribution < -0.4 is 4.72 Å². The lowest BCUT2D eigenvalue weighted by Crippen LogP contribution is -2.35. The van der Waals surface area contributed by atoms with Gasteiger partial charge >= 0.3 is 0 Å². The van der Waals surface area contributed by atoms with Gasteiger partial charge in [0.15, 0.2) is 0 Å². The van der Waals surface area contributed by atoms with Gasteiger partial charge in [0.1, 0.15) is 0 Å². The average Bonchev–Trinajstić information content (AvgIpc) is 3.15. The SMILES string of the molecule is Cc1sc(-c2noc(C3CC3)n2)cc1S(=O)(=O)NC1CCCCCCC1. The molecule has 2 aromatic heterocycles. The molecule has 2 aromatic rings. The van der Waals surface area contributed by atoms with E-state index in [2.05, 4.69) is 14.9 Å². The lowest BCUT2D eigenvalue weighted by molar-refractivity contribution is 0.380. The Morgan fingerprint density at radius 2 is 1.81 bits per heavy atom. The van der Waals surface area contributed by atoms with Gasteiger partial charge in [0.25, 0.3) is 0 Å². The molecule has 6 nitrogen and oxygen atoms in total. The highest BCUT2D eigenvalue weighted by Crippen LogP contribution is 2.40. The molecule has 0 unspecified atom stereocenters. The first kappa shape index (κ1) is 18.1. The Hall–Kier alpha value is -1.25. The van der Waals surface area contributed by atoms with E-state index in [4.69, 9.17) is 4.52 Å². The molecule has 26 heavy (non-hydrogen) atoms. The average molecular weight is 396 g/mol. The highest BCUT2D eigenvalue weighted by Gasteiger charge is 2.31. The Morgan fingerprint density at radius 3 is 2.50 bits per heavy atom. The fraction of sp³-hybridized carbons (Fsp3) is 0.667. The van der Waals surface area contributed by atoms with Crippen LogP contribution in [-0.2, 0) is 10.0 Å². The smallest absolute Gasteiger partial charge is 0.241 e. The maximum Gasteiger partial charge on any atom is 0.241 e. The second-order valence-electron chi connectivity index (χ2n) is 7.42. The lowest BCUT2D eigenvalue weighted by Gasteiger charge is -2.20. The van der Waals surface area contributed by atoms with E-state index in [0.29, 0.717) is 22.5 Å². The Bertz CT molecular complexity index is 860. The summed E-state index contributed by atoms with van der Waals surface area (Å²) < 4.78 is 34.1. The van der Waals surface area contributed by atoms with Crippen LogP contribution >= 0.6 is 11.3 Å². The van der Waals surface area contributed by atoms with E-state index < -0.39 is 10.0 Å². The minimum atomic E-state index is -3.53. The maximum atomic E-state index is 12.9. The van der Waals surface area contributed by atoms with Crippen LogP contribution in [0.3, 0.4) is 0 Å². The number of thiophene rings is 1. The number of aromatic nitrogens is 2. The van der Waals surface area contributed by atoms with Crippen LogP contribution in [-0.4, -0.2) is 24.6 Å². The van der Waals surface area contributed by atoms with E-state index in [1.54, 1.807) is 6.07 Å². The van der Waals surface area contributed by atoms with Gasteiger partial charge in [-0.05, 0) is 38.7 Å². The molecule has 142 valence electrons. The summed E-state index contributed by atoms with van der Waals surface area (Å²) in [5.74, 6) is 1.55. The molecular formula is C18H25N3O3S2. The van der Waals surface area contributed by atoms with Crippen molar-refractivity contribution in [2.75, 3.05) is 0 Å². The second-order valence-corrected chi connectivity index (χ2v) is 10.4. The van der Waals surface area contributed by atoms with Crippen molar-refractivity contribution in [3.63, 3.8) is 0 Å². The van der Waals surface area contributed by atoms with Gasteiger partial charge in [0, 0.05) is 16.8 Å². The van der Waals surface area contributed by atoms with Crippen LogP contribution in [0.1, 0.15) is 74.5 Å². The number of hydrogen-bond donors (Lipinski definition) is 1. The summed E-state index contributed by atoms with van der Waals surface area (Å²) in [6, 6.07) is 1.72. The number of nitrogens with zero attached hydrogens (tertiary/aromatic N) is 2. The summed E-state index contributed by atoms with van der Waals surface area (Å²) in [5, 5.41) is 4.03. The fourth-order valence-electron chi connectivity index (χ4n) is 3.53. The van der Waals surface area contributed by atoms with Crippen molar-refractivity contribution in [1.82, 2.24) is 14.9 Å². The van der Waals surface area contributed by atoms with E-state index in [1.807, 2.05) is 6.92 Å². The van der Waals surface area contributed by atoms with E-state index in [-0.39, 0.29) is 6.04 Å². The lowest BCUT2D eigenvalue weighted by atomic mass is 9.97. The van der Waals surface area contributed by atoms with Crippen molar-refractivity contribution in [1.29, 1.82) is 0 Å². The molecule has 2 fully saturated rings. The summed E-state index contributed by atoms with van der Waals surface area (Å²) in [4.78, 5) is 6.29. The van der Waals surface area contributed by atoms with Gasteiger partial charge in [-0.1, -0.05) is 37.3 Å². The largest absolute Gasteiger partial charge is 0.339 e. The topological polar surface area (TPSA) is 85.1 Å². The zero-order valence-electron chi connectivity index (χ0n) is 15.0. The first-order valence-electron chi connectivity index (χ1n) is 9.50. The number of sulfonamides is 1. The van der Waals surface area contributed by atoms with Gasteiger partial charge in [0.05, 0.1) is 9.77 Å². The van der Waals surface area contributed by atoms with Crippen molar-refractivity contribution in [3.05, 3.63) is 16.8 Å². The van der Waals surface area contributed by atoms with Crippen LogP contribution in [0.4, 0.5) is 0 Å². The zero-order chi connectivity index (χ0) is 18.1. The number of aryl methyl sites for hydroxylation is 1. The standard InChI is InChI=1S/C18H25N3O3S2/c1-12-16(26(22,23)21-14-7-5-3-2-4-6-8-14)11-15(25-12)17-19-18(24-20-17)13-9-10-13/h11,13-14,21H,2-10H2,1H3. The normalized spacial score (nSPS) is 20.0. The summed E-state index contributed by atoms with van der Waals surface area (Å²) in [7, 11) is -3.53. The van der Waals surface area contributed by atoms with Crippen molar-refractivity contribution >= 4 is 21.4 Å². The Kier molecular flexibility index (Phi) is 5.16. The monoisotopic (exact) mass is 395 g/mol. The van der Waals surface area contributed by atoms with Crippen LogP contribution in [0.25, 0.3) is 10.7 Å². The molecule has 2 heterocycles. The van der Waals surface area contributed by atoms with Crippen molar-refractivity contribution in [2.45, 2.75) is 81.6 Å². The van der Waals surface area contributed by atoms with Gasteiger partial charge in [0.2, 0.25) is 21.7 Å². The van der Waals surface area contributed by atoms with Crippen LogP contribution in [0.2, 0.25) is 0 Å². The van der Waals surface area contributed by atoms with Gasteiger partial charge in [-0.2, -0.15) is 4.98 Å². The van der Waals surface area contributed by atoms with Gasteiger partial charge in [-0.15, -0.1) is 11.3 Å². The molecule has 0 radical (unpaired) electrons. The Morgan fingerprint density at radius 1 is 1.12 bits per heavy atom. The molecule has 2 aliphatic carbocycles. The number of rotatable bonds is 5. The van der Waals surface area contributed by atoms with E-state index in [0.717, 1.165) is 48.3 Å². The van der Waals surface area contributed by atoms with Crippen LogP contribution in [0.5, 0.6) is 0 Å². The number of nitrogens with one attached hydrogen (secondary N) is 1. The molecule has 1 N–H and O–H groups in total. The fourth-order valence-corrected chi connectivity index (χ4v) is 6.35. The summed E-state index contributed by atoms with van der Waals surface area (Å²) >= 11 is 1.41. The van der Waals surface area contributed by atoms with Gasteiger partial charge < -0.3 is 4.52 Å². The molecule has 0 spiro atoms. The van der Waals surface area contributed by atoms with Crippen molar-refractivity contribution in [2.24, 2.45) is 0 Å². The summed E-state index contributed by atoms with van der Waals surface area (Å²) in [6.45, 7) is 1.84. The number of hydrogen-bond acceptors (Lipinski definition) is 6. The minimum absolute atomic E-state index is 0.0368. The quantitative estimate of drug-likeness (QED) is 0.812. The molecule has 2 aliphatic rings. The molecule has 2 saturated carbocycles. The molecule has 0 bridgehead atoms. The molecule has 0 amide bonds. The van der Waals surface area contributed by atoms with Crippen LogP contribution in [0, 0.1) is 6.92 Å². The van der Waals surface area contributed by atoms with E-state index >= 15 is 0 Å². The Labute approximate surface area is 158 Å². The molecule has 0 saturated heterocycles. The molecule has 0 aromatic carbocycles. The summed E-state index contributed by atoms with van der Waals surface area (Å²) in [6.07, 6.45) is 9.87. The predicted octanol–water partition coefficient (Wildman–Crippen LogP) is 4.38. The molecule has 8 heteroatoms. The van der Waals surface area contributed by atoms with Gasteiger partial charge in [-0.3, -0.25) is 0 Å².